The molecular weight excluding hydrogens is 264 g/mol. The van der Waals surface area contributed by atoms with Crippen molar-refractivity contribution in [1.29, 1.82) is 0 Å². The summed E-state index contributed by atoms with van der Waals surface area (Å²) >= 11 is 0. The number of aliphatic hydroxyl groups is 3. The summed E-state index contributed by atoms with van der Waals surface area (Å²) in [5, 5.41) is 24.0. The minimum absolute atomic E-state index is 0. The fourth-order valence-corrected chi connectivity index (χ4v) is 0. The van der Waals surface area contributed by atoms with Gasteiger partial charge in [-0.15, -0.1) is 0 Å². The van der Waals surface area contributed by atoms with Crippen molar-refractivity contribution in [2.45, 2.75) is 67.4 Å². The third-order valence-electron chi connectivity index (χ3n) is 1.61. The second-order valence-electron chi connectivity index (χ2n) is 4.53. The van der Waals surface area contributed by atoms with Gasteiger partial charge in [0, 0.05) is 34.9 Å². The van der Waals surface area contributed by atoms with Crippen LogP contribution in [0, 0.1) is 12.3 Å². The number of aliphatic hydroxyl groups excluding tert-OH is 3. The number of unbranched alkanes of at least 4 members (excludes halogenated alkanes) is 1. The van der Waals surface area contributed by atoms with Crippen LogP contribution < -0.4 is 0 Å². The van der Waals surface area contributed by atoms with Crippen LogP contribution >= 0.6 is 0 Å². The summed E-state index contributed by atoms with van der Waals surface area (Å²) in [6.45, 7) is 17.4. The predicted octanol–water partition coefficient (Wildman–Crippen LogP) is 3.03. The van der Waals surface area contributed by atoms with Gasteiger partial charge in [0.2, 0.25) is 0 Å². The molecule has 0 rings (SSSR count). The molecule has 0 aliphatic carbocycles. The number of hydrogen-bond donors (Lipinski definition) is 3. The molecule has 3 nitrogen and oxygen atoms in total. The van der Waals surface area contributed by atoms with Crippen molar-refractivity contribution in [1.82, 2.24) is 0 Å². The third kappa shape index (κ3) is 70.0. The standard InChI is InChI=1S/C6H14O.C4H9.2C2H6O.Ti/c1-5(7)6(2,3)4;1-3-4-2;2*1-2-3;/h5,7H,1-4H3;1,3-4H2,2H3;2*3H,2H2,1H3;/q;-1;;;. The van der Waals surface area contributed by atoms with Crippen LogP contribution in [-0.2, 0) is 21.7 Å². The SMILES string of the molecule is CC(O)C(C)(C)C.CCO.CCO.[CH2-]CCC.[Ti]. The van der Waals surface area contributed by atoms with Gasteiger partial charge in [-0.05, 0) is 26.2 Å². The molecular formula is C14H35O3Ti-. The van der Waals surface area contributed by atoms with Gasteiger partial charge in [0.05, 0.1) is 6.10 Å². The average Bonchev–Trinajstić information content (AvgIpc) is 2.19. The maximum atomic E-state index is 8.89. The van der Waals surface area contributed by atoms with Gasteiger partial charge in [-0.2, -0.15) is 6.42 Å². The van der Waals surface area contributed by atoms with E-state index in [-0.39, 0.29) is 46.5 Å². The molecule has 0 bridgehead atoms. The van der Waals surface area contributed by atoms with Crippen molar-refractivity contribution < 1.29 is 37.0 Å². The fraction of sp³-hybridized carbons (Fsp3) is 0.929. The average molecular weight is 299 g/mol. The Kier molecular flexibility index (Phi) is 45.4. The Bertz CT molecular complexity index is 97.7. The summed E-state index contributed by atoms with van der Waals surface area (Å²) in [5.74, 6) is 0. The van der Waals surface area contributed by atoms with Crippen LogP contribution in [0.4, 0.5) is 0 Å². The Hall–Kier alpha value is 0.594. The van der Waals surface area contributed by atoms with E-state index < -0.39 is 0 Å². The van der Waals surface area contributed by atoms with E-state index in [1.165, 1.54) is 6.42 Å². The topological polar surface area (TPSA) is 60.7 Å². The van der Waals surface area contributed by atoms with E-state index in [1.54, 1.807) is 20.8 Å². The van der Waals surface area contributed by atoms with Crippen LogP contribution in [0.1, 0.15) is 61.3 Å². The van der Waals surface area contributed by atoms with Crippen molar-refractivity contribution in [3.63, 3.8) is 0 Å². The molecule has 0 radical (unpaired) electrons. The van der Waals surface area contributed by atoms with Crippen molar-refractivity contribution >= 4 is 0 Å². The molecule has 0 aliphatic heterocycles. The van der Waals surface area contributed by atoms with E-state index in [0.717, 1.165) is 6.42 Å². The normalized spacial score (nSPS) is 10.2. The molecule has 1 unspecified atom stereocenters. The molecule has 4 heteroatoms. The first kappa shape index (κ1) is 31.1. The molecule has 0 aromatic rings. The Labute approximate surface area is 130 Å². The van der Waals surface area contributed by atoms with Crippen molar-refractivity contribution in [2.75, 3.05) is 13.2 Å². The van der Waals surface area contributed by atoms with Gasteiger partial charge in [-0.3, -0.25) is 0 Å². The molecule has 0 aromatic heterocycles. The van der Waals surface area contributed by atoms with Gasteiger partial charge in [0.25, 0.3) is 0 Å². The molecule has 0 saturated carbocycles. The molecule has 0 aliphatic rings. The largest absolute Gasteiger partial charge is 0.397 e. The quantitative estimate of drug-likeness (QED) is 0.515. The van der Waals surface area contributed by atoms with Crippen LogP contribution in [0.5, 0.6) is 0 Å². The van der Waals surface area contributed by atoms with Crippen LogP contribution in [0.15, 0.2) is 0 Å². The van der Waals surface area contributed by atoms with Crippen LogP contribution in [0.2, 0.25) is 0 Å². The van der Waals surface area contributed by atoms with Gasteiger partial charge in [-0.1, -0.05) is 34.1 Å². The predicted molar refractivity (Wildman–Crippen MR) is 76.9 cm³/mol. The Morgan fingerprint density at radius 2 is 1.11 bits per heavy atom. The summed E-state index contributed by atoms with van der Waals surface area (Å²) in [6.07, 6.45) is 2.08. The van der Waals surface area contributed by atoms with Gasteiger partial charge in [0.15, 0.2) is 0 Å². The second-order valence-corrected chi connectivity index (χ2v) is 4.53. The van der Waals surface area contributed by atoms with Gasteiger partial charge in [0.1, 0.15) is 0 Å². The van der Waals surface area contributed by atoms with E-state index in [1.807, 2.05) is 20.8 Å². The summed E-state index contributed by atoms with van der Waals surface area (Å²) < 4.78 is 0. The summed E-state index contributed by atoms with van der Waals surface area (Å²) in [7, 11) is 0. The summed E-state index contributed by atoms with van der Waals surface area (Å²) in [5.41, 5.74) is 0.0556. The zero-order chi connectivity index (χ0) is 14.9. The molecule has 0 fully saturated rings. The fourth-order valence-electron chi connectivity index (χ4n) is 0. The van der Waals surface area contributed by atoms with Crippen molar-refractivity contribution in [3.05, 3.63) is 6.92 Å². The smallest absolute Gasteiger partial charge is 0.0560 e. The Balaban J connectivity index is -0.0000000445. The zero-order valence-corrected chi connectivity index (χ0v) is 15.0. The summed E-state index contributed by atoms with van der Waals surface area (Å²) in [4.78, 5) is 0. The molecule has 0 heterocycles. The monoisotopic (exact) mass is 299 g/mol. The minimum atomic E-state index is -0.201. The summed E-state index contributed by atoms with van der Waals surface area (Å²) in [6, 6.07) is 0. The Morgan fingerprint density at radius 1 is 1.00 bits per heavy atom. The Morgan fingerprint density at radius 3 is 1.11 bits per heavy atom. The van der Waals surface area contributed by atoms with Crippen molar-refractivity contribution in [2.24, 2.45) is 5.41 Å². The first-order valence-electron chi connectivity index (χ1n) is 6.38. The first-order chi connectivity index (χ1) is 7.69. The van der Waals surface area contributed by atoms with E-state index in [2.05, 4.69) is 13.8 Å². The van der Waals surface area contributed by atoms with E-state index in [4.69, 9.17) is 15.3 Å². The number of hydrogen-bond acceptors (Lipinski definition) is 3. The molecule has 0 amide bonds. The molecule has 1 atom stereocenters. The molecule has 0 aromatic carbocycles. The van der Waals surface area contributed by atoms with E-state index in [9.17, 15) is 0 Å². The van der Waals surface area contributed by atoms with Gasteiger partial charge in [-0.25, -0.2) is 0 Å². The van der Waals surface area contributed by atoms with Gasteiger partial charge < -0.3 is 22.2 Å². The molecule has 3 N–H and O–H groups in total. The van der Waals surface area contributed by atoms with Crippen LogP contribution in [0.25, 0.3) is 0 Å². The third-order valence-corrected chi connectivity index (χ3v) is 1.61. The first-order valence-corrected chi connectivity index (χ1v) is 6.38. The maximum Gasteiger partial charge on any atom is 0.0560 e. The molecule has 0 spiro atoms. The zero-order valence-electron chi connectivity index (χ0n) is 13.5. The maximum absolute atomic E-state index is 8.89. The molecule has 114 valence electrons. The van der Waals surface area contributed by atoms with Crippen LogP contribution in [-0.4, -0.2) is 34.6 Å². The second kappa shape index (κ2) is 26.2. The minimum Gasteiger partial charge on any atom is -0.397 e. The van der Waals surface area contributed by atoms with Crippen molar-refractivity contribution in [3.8, 4) is 0 Å². The van der Waals surface area contributed by atoms with E-state index >= 15 is 0 Å². The van der Waals surface area contributed by atoms with E-state index in [0.29, 0.717) is 0 Å². The molecule has 0 saturated heterocycles. The number of rotatable bonds is 1. The van der Waals surface area contributed by atoms with Crippen LogP contribution in [0.3, 0.4) is 0 Å². The van der Waals surface area contributed by atoms with Gasteiger partial charge >= 0.3 is 0 Å². The molecule has 18 heavy (non-hydrogen) atoms.